The van der Waals surface area contributed by atoms with Crippen LogP contribution in [0.1, 0.15) is 84.0 Å². The minimum absolute atomic E-state index is 0.0445. The van der Waals surface area contributed by atoms with Crippen LogP contribution in [0.4, 0.5) is 17.3 Å². The van der Waals surface area contributed by atoms with Crippen molar-refractivity contribution in [2.45, 2.75) is 113 Å². The molecule has 0 radical (unpaired) electrons. The van der Waals surface area contributed by atoms with E-state index in [2.05, 4.69) is 41.1 Å². The summed E-state index contributed by atoms with van der Waals surface area (Å²) >= 11 is 9.42. The van der Waals surface area contributed by atoms with Gasteiger partial charge in [0.05, 0.1) is 45.1 Å². The largest absolute Gasteiger partial charge is 0.391 e. The molecule has 17 nitrogen and oxygen atoms in total. The Kier molecular flexibility index (Phi) is 15.8. The highest BCUT2D eigenvalue weighted by Gasteiger charge is 2.44. The number of amides is 5. The third-order valence-electron chi connectivity index (χ3n) is 11.5. The van der Waals surface area contributed by atoms with Crippen LogP contribution in [-0.4, -0.2) is 104 Å². The number of nitrogen functional groups attached to an aromatic ring is 1. The molecule has 2 fully saturated rings. The van der Waals surface area contributed by atoms with Crippen LogP contribution in [0, 0.1) is 12.3 Å². The van der Waals surface area contributed by atoms with Gasteiger partial charge < -0.3 is 47.6 Å². The fourth-order valence-corrected chi connectivity index (χ4v) is 9.53. The number of hydrogen-bond acceptors (Lipinski definition) is 14. The maximum atomic E-state index is 14.1. The second-order valence-electron chi connectivity index (χ2n) is 18.0. The highest BCUT2D eigenvalue weighted by Crippen LogP contribution is 2.39. The lowest BCUT2D eigenvalue weighted by molar-refractivity contribution is -0.144. The average Bonchev–Trinajstić information content (AvgIpc) is 3.86. The lowest BCUT2D eigenvalue weighted by Gasteiger charge is -2.37. The molecule has 4 atom stereocenters. The van der Waals surface area contributed by atoms with E-state index in [0.717, 1.165) is 47.6 Å². The lowest BCUT2D eigenvalue weighted by Crippen LogP contribution is -2.58. The molecule has 0 aliphatic carbocycles. The summed E-state index contributed by atoms with van der Waals surface area (Å²) in [5, 5.41) is 22.3. The topological polar surface area (TPSA) is 251 Å². The maximum Gasteiger partial charge on any atom is 0.246 e. The van der Waals surface area contributed by atoms with Crippen molar-refractivity contribution in [3.8, 4) is 10.4 Å². The number of aliphatic hydroxyl groups excluding tert-OH is 1. The smallest absolute Gasteiger partial charge is 0.246 e. The number of piperidine rings is 1. The monoisotopic (exact) mass is 947 g/mol. The first-order valence-corrected chi connectivity index (χ1v) is 23.5. The Morgan fingerprint density at radius 3 is 2.38 bits per heavy atom. The van der Waals surface area contributed by atoms with Gasteiger partial charge in [-0.15, -0.1) is 11.3 Å². The van der Waals surface area contributed by atoms with Gasteiger partial charge in [0.2, 0.25) is 29.5 Å². The highest BCUT2D eigenvalue weighted by atomic mass is 35.5. The zero-order valence-electron chi connectivity index (χ0n) is 37.4. The van der Waals surface area contributed by atoms with E-state index in [1.165, 1.54) is 16.7 Å². The number of carbonyl (C=O) groups is 5. The van der Waals surface area contributed by atoms with Gasteiger partial charge in [-0.25, -0.2) is 15.0 Å². The number of nitrogens with one attached hydrogen (secondary N) is 4. The summed E-state index contributed by atoms with van der Waals surface area (Å²) in [4.78, 5) is 85.1. The fraction of sp³-hybridized carbons (Fsp3) is 0.467. The second kappa shape index (κ2) is 20.9. The Hall–Kier alpha value is -5.34. The summed E-state index contributed by atoms with van der Waals surface area (Å²) in [6.45, 7) is 12.5. The molecule has 4 heterocycles. The molecule has 2 aromatic carbocycles. The number of nitrogens with two attached hydrogens (primary N) is 2. The lowest BCUT2D eigenvalue weighted by atomic mass is 9.85. The maximum absolute atomic E-state index is 14.1. The third-order valence-corrected chi connectivity index (χ3v) is 14.0. The van der Waals surface area contributed by atoms with Crippen molar-refractivity contribution >= 4 is 81.6 Å². The number of likely N-dealkylation sites (tertiary alicyclic amines) is 1. The Labute approximate surface area is 392 Å². The van der Waals surface area contributed by atoms with Gasteiger partial charge in [0.15, 0.2) is 5.82 Å². The van der Waals surface area contributed by atoms with Crippen molar-refractivity contribution in [3.05, 3.63) is 70.5 Å². The molecule has 4 aromatic rings. The predicted octanol–water partition coefficient (Wildman–Crippen LogP) is 4.82. The molecule has 0 spiro atoms. The molecule has 348 valence electrons. The van der Waals surface area contributed by atoms with E-state index < -0.39 is 59.6 Å². The molecule has 6 rings (SSSR count). The van der Waals surface area contributed by atoms with Crippen LogP contribution in [-0.2, 0) is 24.0 Å². The average molecular weight is 949 g/mol. The van der Waals surface area contributed by atoms with Crippen molar-refractivity contribution < 1.29 is 29.1 Å². The highest BCUT2D eigenvalue weighted by molar-refractivity contribution is 7.99. The Morgan fingerprint density at radius 1 is 1.03 bits per heavy atom. The fourth-order valence-electron chi connectivity index (χ4n) is 7.62. The van der Waals surface area contributed by atoms with E-state index >= 15 is 0 Å². The SMILES string of the molecule is Cc1ncsc1-c1ccc(C(C)NC(=O)C2CC(O)CN2C(=O)C(NC(=O)CCNC(=O)CC(=O)Nc2cccc(Sc3ncc(N4CCC(C)(N)CC4)nc3N)c2Cl)C(C)(C)C)cc1. The summed E-state index contributed by atoms with van der Waals surface area (Å²) < 4.78 is 0. The van der Waals surface area contributed by atoms with Crippen LogP contribution in [0.3, 0.4) is 0 Å². The molecule has 2 aliphatic heterocycles. The van der Waals surface area contributed by atoms with Crippen LogP contribution in [0.5, 0.6) is 0 Å². The predicted molar refractivity (Wildman–Crippen MR) is 253 cm³/mol. The van der Waals surface area contributed by atoms with E-state index in [0.29, 0.717) is 15.7 Å². The molecule has 65 heavy (non-hydrogen) atoms. The first kappa shape index (κ1) is 49.1. The first-order valence-electron chi connectivity index (χ1n) is 21.5. The second-order valence-corrected chi connectivity index (χ2v) is 20.2. The number of anilines is 3. The number of nitrogens with zero attached hydrogens (tertiary/aromatic N) is 5. The molecule has 2 aromatic heterocycles. The van der Waals surface area contributed by atoms with Crippen LogP contribution in [0.15, 0.2) is 64.1 Å². The molecule has 9 N–H and O–H groups in total. The number of benzene rings is 2. The van der Waals surface area contributed by atoms with Gasteiger partial charge in [0, 0.05) is 49.5 Å². The summed E-state index contributed by atoms with van der Waals surface area (Å²) in [5.41, 5.74) is 16.5. The third kappa shape index (κ3) is 12.7. The summed E-state index contributed by atoms with van der Waals surface area (Å²) in [5.74, 6) is -1.82. The van der Waals surface area contributed by atoms with E-state index in [9.17, 15) is 29.1 Å². The molecular formula is C45H58ClN11O6S2. The van der Waals surface area contributed by atoms with E-state index in [4.69, 9.17) is 23.1 Å². The molecule has 2 aliphatic rings. The Bertz CT molecular complexity index is 2380. The molecule has 5 amide bonds. The van der Waals surface area contributed by atoms with Gasteiger partial charge in [0.25, 0.3) is 0 Å². The van der Waals surface area contributed by atoms with Gasteiger partial charge in [-0.1, -0.05) is 74.5 Å². The van der Waals surface area contributed by atoms with Gasteiger partial charge in [-0.05, 0) is 62.3 Å². The first-order chi connectivity index (χ1) is 30.7. The number of aliphatic hydroxyl groups is 1. The molecule has 20 heteroatoms. The Balaban J connectivity index is 0.969. The van der Waals surface area contributed by atoms with Crippen LogP contribution in [0.2, 0.25) is 5.02 Å². The van der Waals surface area contributed by atoms with Crippen LogP contribution < -0.4 is 37.6 Å². The molecule has 4 unspecified atom stereocenters. The minimum Gasteiger partial charge on any atom is -0.391 e. The van der Waals surface area contributed by atoms with E-state index in [1.54, 1.807) is 62.0 Å². The number of halogens is 1. The molecule has 2 saturated heterocycles. The van der Waals surface area contributed by atoms with Crippen LogP contribution in [0.25, 0.3) is 10.4 Å². The van der Waals surface area contributed by atoms with Gasteiger partial charge >= 0.3 is 0 Å². The number of aromatic nitrogens is 3. The summed E-state index contributed by atoms with van der Waals surface area (Å²) in [7, 11) is 0. The normalized spacial score (nSPS) is 18.1. The van der Waals surface area contributed by atoms with Gasteiger partial charge in [0.1, 0.15) is 29.3 Å². The van der Waals surface area contributed by atoms with Gasteiger partial charge in [-0.2, -0.15) is 0 Å². The van der Waals surface area contributed by atoms with Crippen molar-refractivity contribution in [1.29, 1.82) is 0 Å². The zero-order chi connectivity index (χ0) is 47.2. The number of rotatable bonds is 15. The summed E-state index contributed by atoms with van der Waals surface area (Å²) in [6.07, 6.45) is 1.69. The molecule has 0 saturated carbocycles. The minimum atomic E-state index is -1.05. The number of aryl methyl sites for hydroxylation is 1. The number of hydrogen-bond donors (Lipinski definition) is 7. The Morgan fingerprint density at radius 2 is 1.74 bits per heavy atom. The van der Waals surface area contributed by atoms with Crippen molar-refractivity contribution in [2.75, 3.05) is 42.1 Å². The van der Waals surface area contributed by atoms with E-state index in [1.807, 2.05) is 45.0 Å². The van der Waals surface area contributed by atoms with Gasteiger partial charge in [-0.3, -0.25) is 24.0 Å². The quantitative estimate of drug-likeness (QED) is 0.0791. The number of thiazole rings is 1. The van der Waals surface area contributed by atoms with E-state index in [-0.39, 0.29) is 54.0 Å². The molecule has 0 bridgehead atoms. The van der Waals surface area contributed by atoms with Crippen molar-refractivity contribution in [2.24, 2.45) is 11.1 Å². The van der Waals surface area contributed by atoms with Crippen molar-refractivity contribution in [3.63, 3.8) is 0 Å². The number of β-amino-alcohol motifs (C(OH)–C–C–N with tert-alkyl or cyclic N) is 1. The molecular weight excluding hydrogens is 890 g/mol. The van der Waals surface area contributed by atoms with Crippen molar-refractivity contribution in [1.82, 2.24) is 35.8 Å². The standard InChI is InChI=1S/C45H58ClN11O6S2/c1-25(27-10-12-28(13-11-27)38-26(2)51-24-64-38)52-41(62)31-20-29(58)23-57(31)43(63)39(44(3,4)5)55-34(59)14-17-49-35(60)21-36(61)53-30-8-7-9-32(37(30)46)65-42-40(47)54-33(22-50-42)56-18-15-45(6,48)16-19-56/h7-13,22,24-25,29,31,39,58H,14-21,23,48H2,1-6H3,(H2,47,54)(H,49,60)(H,52,62)(H,53,61)(H,55,59). The zero-order valence-corrected chi connectivity index (χ0v) is 39.8. The summed E-state index contributed by atoms with van der Waals surface area (Å²) in [6, 6.07) is 10.5. The van der Waals surface area contributed by atoms with Crippen LogP contribution >= 0.6 is 34.7 Å². The number of carbonyl (C=O) groups excluding carboxylic acids is 5.